The van der Waals surface area contributed by atoms with Gasteiger partial charge in [-0.05, 0) is 44.5 Å². The van der Waals surface area contributed by atoms with Crippen LogP contribution in [0.5, 0.6) is 0 Å². The van der Waals surface area contributed by atoms with Crippen LogP contribution in [0.15, 0.2) is 29.3 Å². The van der Waals surface area contributed by atoms with Gasteiger partial charge >= 0.3 is 5.97 Å². The molecule has 0 unspecified atom stereocenters. The molecule has 0 aliphatic rings. The largest absolute Gasteiger partial charge is 0.462 e. The van der Waals surface area contributed by atoms with Gasteiger partial charge in [0.1, 0.15) is 0 Å². The summed E-state index contributed by atoms with van der Waals surface area (Å²) >= 11 is 5.95. The highest BCUT2D eigenvalue weighted by Gasteiger charge is 2.23. The summed E-state index contributed by atoms with van der Waals surface area (Å²) in [6.45, 7) is 5.11. The fourth-order valence-electron chi connectivity index (χ4n) is 3.02. The first-order valence-corrected chi connectivity index (χ1v) is 8.75. The lowest BCUT2D eigenvalue weighted by molar-refractivity contribution is 0.0525. The first-order chi connectivity index (χ1) is 12.8. The quantitative estimate of drug-likeness (QED) is 0.536. The molecule has 0 aliphatic carbocycles. The number of H-pyrrole nitrogens is 1. The lowest BCUT2D eigenvalue weighted by Gasteiger charge is -2.06. The number of esters is 1. The van der Waals surface area contributed by atoms with Gasteiger partial charge in [0.2, 0.25) is 0 Å². The molecule has 3 aromatic rings. The Bertz CT molecular complexity index is 1110. The Morgan fingerprint density at radius 3 is 2.74 bits per heavy atom. The van der Waals surface area contributed by atoms with Gasteiger partial charge in [-0.25, -0.2) is 9.78 Å². The average Bonchev–Trinajstić information content (AvgIpc) is 2.92. The highest BCUT2D eigenvalue weighted by Crippen LogP contribution is 2.20. The molecule has 27 heavy (non-hydrogen) atoms. The predicted molar refractivity (Wildman–Crippen MR) is 102 cm³/mol. The van der Waals surface area contributed by atoms with Crippen molar-refractivity contribution in [3.8, 4) is 0 Å². The van der Waals surface area contributed by atoms with Crippen LogP contribution in [0.4, 0.5) is 0 Å². The Balaban J connectivity index is 1.96. The second-order valence-electron chi connectivity index (χ2n) is 6.11. The smallest absolute Gasteiger partial charge is 0.340 e. The Labute approximate surface area is 159 Å². The molecule has 0 fully saturated rings. The number of rotatable bonds is 5. The number of ether oxygens (including phenoxy) is 1. The van der Waals surface area contributed by atoms with Gasteiger partial charge in [-0.15, -0.1) is 0 Å². The molecule has 1 aromatic carbocycles. The van der Waals surface area contributed by atoms with E-state index < -0.39 is 5.97 Å². The maximum Gasteiger partial charge on any atom is 0.340 e. The van der Waals surface area contributed by atoms with Gasteiger partial charge in [-0.3, -0.25) is 14.2 Å². The molecule has 0 spiro atoms. The summed E-state index contributed by atoms with van der Waals surface area (Å²) in [7, 11) is 0. The Morgan fingerprint density at radius 1 is 1.30 bits per heavy atom. The lowest BCUT2D eigenvalue weighted by atomic mass is 10.1. The van der Waals surface area contributed by atoms with Crippen LogP contribution in [0.25, 0.3) is 10.9 Å². The number of nitrogens with zero attached hydrogens (tertiary/aromatic N) is 2. The minimum absolute atomic E-state index is 0.211. The second kappa shape index (κ2) is 7.36. The molecule has 0 saturated carbocycles. The molecule has 0 aliphatic heterocycles. The maximum absolute atomic E-state index is 12.7. The number of benzene rings is 1. The molecule has 0 radical (unpaired) electrons. The molecule has 8 heteroatoms. The molecule has 2 heterocycles. The number of aromatic amines is 1. The third-order valence-electron chi connectivity index (χ3n) is 4.30. The number of Topliss-reactive ketones (excluding diaryl/α,β-unsaturated/α-hetero) is 1. The van der Waals surface area contributed by atoms with Crippen LogP contribution >= 0.6 is 11.6 Å². The summed E-state index contributed by atoms with van der Waals surface area (Å²) in [5.74, 6) is -0.821. The van der Waals surface area contributed by atoms with Gasteiger partial charge in [0.15, 0.2) is 5.78 Å². The van der Waals surface area contributed by atoms with Crippen molar-refractivity contribution in [1.82, 2.24) is 14.5 Å². The molecule has 3 rings (SSSR count). The van der Waals surface area contributed by atoms with Crippen LogP contribution in [0, 0.1) is 13.8 Å². The fraction of sp³-hybridized carbons (Fsp3) is 0.263. The highest BCUT2D eigenvalue weighted by atomic mass is 35.5. The Hall–Kier alpha value is -2.93. The van der Waals surface area contributed by atoms with Crippen molar-refractivity contribution in [3.05, 3.63) is 62.4 Å². The zero-order chi connectivity index (χ0) is 19.7. The average molecular weight is 388 g/mol. The van der Waals surface area contributed by atoms with E-state index in [9.17, 15) is 14.4 Å². The monoisotopic (exact) mass is 387 g/mol. The first-order valence-electron chi connectivity index (χ1n) is 8.37. The maximum atomic E-state index is 12.7. The van der Waals surface area contributed by atoms with E-state index in [0.29, 0.717) is 32.7 Å². The standard InChI is InChI=1S/C19H18ClN3O4/c1-4-27-19(26)16-10(2)17(22-11(16)3)15(24)8-23-9-21-14-6-5-12(20)7-13(14)18(23)25/h5-7,9,22H,4,8H2,1-3H3. The fourth-order valence-corrected chi connectivity index (χ4v) is 3.19. The highest BCUT2D eigenvalue weighted by molar-refractivity contribution is 6.31. The van der Waals surface area contributed by atoms with Crippen LogP contribution in [-0.4, -0.2) is 32.9 Å². The number of hydrogen-bond acceptors (Lipinski definition) is 5. The van der Waals surface area contributed by atoms with Gasteiger partial charge in [-0.2, -0.15) is 0 Å². The van der Waals surface area contributed by atoms with E-state index in [4.69, 9.17) is 16.3 Å². The molecular weight excluding hydrogens is 370 g/mol. The normalized spacial score (nSPS) is 11.0. The number of aromatic nitrogens is 3. The molecule has 0 bridgehead atoms. The third-order valence-corrected chi connectivity index (χ3v) is 4.53. The number of fused-ring (bicyclic) bond motifs is 1. The Kier molecular flexibility index (Phi) is 5.14. The van der Waals surface area contributed by atoms with Crippen molar-refractivity contribution in [2.75, 3.05) is 6.61 Å². The van der Waals surface area contributed by atoms with Crippen LogP contribution in [0.2, 0.25) is 5.02 Å². The number of halogens is 1. The minimum atomic E-state index is -0.484. The summed E-state index contributed by atoms with van der Waals surface area (Å²) in [5.41, 5.74) is 1.81. The first kappa shape index (κ1) is 18.8. The second-order valence-corrected chi connectivity index (χ2v) is 6.54. The van der Waals surface area contributed by atoms with E-state index >= 15 is 0 Å². The predicted octanol–water partition coefficient (Wildman–Crippen LogP) is 3.05. The van der Waals surface area contributed by atoms with E-state index in [-0.39, 0.29) is 30.2 Å². The number of carbonyl (C=O) groups is 2. The number of carbonyl (C=O) groups excluding carboxylic acids is 2. The zero-order valence-electron chi connectivity index (χ0n) is 15.1. The molecule has 140 valence electrons. The van der Waals surface area contributed by atoms with E-state index in [1.807, 2.05) is 0 Å². The summed E-state index contributed by atoms with van der Waals surface area (Å²) in [6.07, 6.45) is 1.33. The topological polar surface area (TPSA) is 94.1 Å². The van der Waals surface area contributed by atoms with Crippen LogP contribution in [0.1, 0.15) is 39.0 Å². The van der Waals surface area contributed by atoms with E-state index in [1.165, 1.54) is 17.0 Å². The SMILES string of the molecule is CCOC(=O)c1c(C)[nH]c(C(=O)Cn2cnc3ccc(Cl)cc3c2=O)c1C. The number of hydrogen-bond donors (Lipinski definition) is 1. The van der Waals surface area contributed by atoms with Crippen molar-refractivity contribution in [2.45, 2.75) is 27.3 Å². The van der Waals surface area contributed by atoms with Crippen molar-refractivity contribution in [3.63, 3.8) is 0 Å². The van der Waals surface area contributed by atoms with Crippen molar-refractivity contribution in [2.24, 2.45) is 0 Å². The number of nitrogens with one attached hydrogen (secondary N) is 1. The lowest BCUT2D eigenvalue weighted by Crippen LogP contribution is -2.25. The summed E-state index contributed by atoms with van der Waals surface area (Å²) in [5, 5.41) is 0.754. The zero-order valence-corrected chi connectivity index (χ0v) is 15.9. The van der Waals surface area contributed by atoms with Crippen molar-refractivity contribution >= 4 is 34.3 Å². The molecule has 0 saturated heterocycles. The number of ketones is 1. The molecule has 1 N–H and O–H groups in total. The van der Waals surface area contributed by atoms with E-state index in [1.54, 1.807) is 32.9 Å². The number of aryl methyl sites for hydroxylation is 1. The van der Waals surface area contributed by atoms with E-state index in [0.717, 1.165) is 0 Å². The molecule has 7 nitrogen and oxygen atoms in total. The summed E-state index contributed by atoms with van der Waals surface area (Å²) < 4.78 is 6.25. The molecule has 0 atom stereocenters. The van der Waals surface area contributed by atoms with Gasteiger partial charge in [-0.1, -0.05) is 11.6 Å². The minimum Gasteiger partial charge on any atom is -0.462 e. The van der Waals surface area contributed by atoms with Gasteiger partial charge in [0.05, 0.1) is 41.6 Å². The third kappa shape index (κ3) is 3.50. The Morgan fingerprint density at radius 2 is 2.04 bits per heavy atom. The molecular formula is C19H18ClN3O4. The van der Waals surface area contributed by atoms with Crippen LogP contribution < -0.4 is 5.56 Å². The molecule has 0 amide bonds. The van der Waals surface area contributed by atoms with Gasteiger partial charge < -0.3 is 9.72 Å². The van der Waals surface area contributed by atoms with Crippen LogP contribution in [-0.2, 0) is 11.3 Å². The summed E-state index contributed by atoms with van der Waals surface area (Å²) in [6, 6.07) is 4.82. The van der Waals surface area contributed by atoms with Crippen LogP contribution in [0.3, 0.4) is 0 Å². The summed E-state index contributed by atoms with van der Waals surface area (Å²) in [4.78, 5) is 44.6. The van der Waals surface area contributed by atoms with Gasteiger partial charge in [0, 0.05) is 10.7 Å². The van der Waals surface area contributed by atoms with Crippen molar-refractivity contribution < 1.29 is 14.3 Å². The van der Waals surface area contributed by atoms with Gasteiger partial charge in [0.25, 0.3) is 5.56 Å². The van der Waals surface area contributed by atoms with E-state index in [2.05, 4.69) is 9.97 Å². The molecule has 2 aromatic heterocycles. The van der Waals surface area contributed by atoms with Crippen molar-refractivity contribution in [1.29, 1.82) is 0 Å².